The maximum Gasteiger partial charge on any atom is 0.164 e. The van der Waals surface area contributed by atoms with Crippen LogP contribution in [0.15, 0.2) is 197 Å². The van der Waals surface area contributed by atoms with E-state index in [1.165, 1.54) is 0 Å². The first kappa shape index (κ1) is 42.4. The van der Waals surface area contributed by atoms with E-state index in [0.29, 0.717) is 62.5 Å². The summed E-state index contributed by atoms with van der Waals surface area (Å²) in [4.78, 5) is 29.4. The summed E-state index contributed by atoms with van der Waals surface area (Å²) in [5, 5.41) is 38.1. The second-order valence-electron chi connectivity index (χ2n) is 16.8. The fourth-order valence-electron chi connectivity index (χ4n) is 9.61. The molecule has 2 aliphatic rings. The molecule has 0 bridgehead atoms. The summed E-state index contributed by atoms with van der Waals surface area (Å²) in [5.41, 5.74) is 15.0. The van der Waals surface area contributed by atoms with E-state index in [1.54, 1.807) is 60.7 Å². The lowest BCUT2D eigenvalue weighted by Crippen LogP contribution is -2.26. The van der Waals surface area contributed by atoms with Crippen LogP contribution in [0.1, 0.15) is 61.2 Å². The monoisotopic (exact) mass is 894 g/mol. The molecule has 0 N–H and O–H groups in total. The summed E-state index contributed by atoms with van der Waals surface area (Å²) in [6.07, 6.45) is 0. The Hall–Kier alpha value is -10.3. The van der Waals surface area contributed by atoms with Gasteiger partial charge in [-0.3, -0.25) is 4.99 Å². The summed E-state index contributed by atoms with van der Waals surface area (Å²) >= 11 is 0. The fraction of sp³-hybridized carbons (Fsp3) is 0.0333. The Morgan fingerprint density at radius 3 is 1.31 bits per heavy atom. The lowest BCUT2D eigenvalue weighted by molar-refractivity contribution is 0.791. The van der Waals surface area contributed by atoms with Gasteiger partial charge in [0.25, 0.3) is 0 Å². The fourth-order valence-corrected chi connectivity index (χ4v) is 9.61. The largest absolute Gasteiger partial charge is 0.261 e. The third-order valence-electron chi connectivity index (χ3n) is 12.9. The van der Waals surface area contributed by atoms with Crippen molar-refractivity contribution in [2.24, 2.45) is 15.0 Å². The molecule has 0 amide bonds. The number of hydrogen-bond acceptors (Lipinski definition) is 8. The van der Waals surface area contributed by atoms with Crippen LogP contribution in [0.5, 0.6) is 0 Å². The van der Waals surface area contributed by atoms with Gasteiger partial charge in [-0.25, -0.2) is 24.9 Å². The van der Waals surface area contributed by atoms with Gasteiger partial charge in [0.05, 0.1) is 58.5 Å². The van der Waals surface area contributed by atoms with Crippen molar-refractivity contribution in [3.8, 4) is 80.7 Å². The minimum absolute atomic E-state index is 0.270. The van der Waals surface area contributed by atoms with E-state index in [0.717, 1.165) is 66.8 Å². The molecule has 70 heavy (non-hydrogen) atoms. The molecule has 324 valence electrons. The number of aromatic nitrogens is 3. The number of rotatable bonds is 7. The zero-order valence-electron chi connectivity index (χ0n) is 37.2. The first-order chi connectivity index (χ1) is 34.4. The minimum Gasteiger partial charge on any atom is -0.261 e. The minimum atomic E-state index is -0.726. The van der Waals surface area contributed by atoms with Crippen LogP contribution in [0.2, 0.25) is 0 Å². The standard InChI is InChI=1S/C60H34N10/c1-65-55(42-19-10-37(32-61)11-20-42)67-56(43-21-12-38(33-62)13-22-43)66-36-41-18-28-49-50-29-27-46(31-54(50)60(53(49)30-41)51-8-4-2-6-47(51)48-7-3-5-9-52(48)60)59-69-57(44-23-14-39(34-63)15-24-44)68-58(70-59)45-25-16-40(35-64)17-26-45/h2-31H,1,36H2. The third-order valence-corrected chi connectivity index (χ3v) is 12.9. The van der Waals surface area contributed by atoms with Gasteiger partial charge < -0.3 is 0 Å². The van der Waals surface area contributed by atoms with E-state index in [4.69, 9.17) is 24.9 Å². The highest BCUT2D eigenvalue weighted by Crippen LogP contribution is 2.63. The SMILES string of the molecule is C=NC(=NC(=NCc1ccc2c(c1)C1(c3ccccc3-c3ccccc31)c1cc(-c3nc(-c4ccc(C#N)cc4)nc(-c4ccc(C#N)cc4)n3)ccc1-2)c1ccc(C#N)cc1)c1ccc(C#N)cc1. The quantitative estimate of drug-likeness (QED) is 0.113. The number of benzene rings is 8. The highest BCUT2D eigenvalue weighted by Gasteiger charge is 2.51. The Kier molecular flexibility index (Phi) is 10.6. The van der Waals surface area contributed by atoms with E-state index < -0.39 is 5.41 Å². The zero-order valence-corrected chi connectivity index (χ0v) is 37.2. The number of hydrogen-bond donors (Lipinski definition) is 0. The predicted octanol–water partition coefficient (Wildman–Crippen LogP) is 11.8. The lowest BCUT2D eigenvalue weighted by atomic mass is 9.70. The molecule has 0 aliphatic heterocycles. The molecule has 11 rings (SSSR count). The van der Waals surface area contributed by atoms with Crippen molar-refractivity contribution in [3.63, 3.8) is 0 Å². The van der Waals surface area contributed by atoms with Gasteiger partial charge in [0.15, 0.2) is 29.1 Å². The van der Waals surface area contributed by atoms with Crippen molar-refractivity contribution in [1.82, 2.24) is 15.0 Å². The van der Waals surface area contributed by atoms with Crippen LogP contribution >= 0.6 is 0 Å². The summed E-state index contributed by atoms with van der Waals surface area (Å²) in [5.74, 6) is 2.13. The number of amidine groups is 2. The van der Waals surface area contributed by atoms with E-state index >= 15 is 0 Å². The highest BCUT2D eigenvalue weighted by molar-refractivity contribution is 6.12. The van der Waals surface area contributed by atoms with Gasteiger partial charge in [-0.05, 0) is 160 Å². The third kappa shape index (κ3) is 7.19. The lowest BCUT2D eigenvalue weighted by Gasteiger charge is -2.31. The Morgan fingerprint density at radius 2 is 0.829 bits per heavy atom. The Bertz CT molecular complexity index is 3720. The van der Waals surface area contributed by atoms with Crippen LogP contribution < -0.4 is 0 Å². The van der Waals surface area contributed by atoms with Crippen molar-refractivity contribution < 1.29 is 0 Å². The van der Waals surface area contributed by atoms with Crippen LogP contribution in [0.25, 0.3) is 56.4 Å². The van der Waals surface area contributed by atoms with Gasteiger partial charge in [0, 0.05) is 27.8 Å². The summed E-state index contributed by atoms with van der Waals surface area (Å²) in [6.45, 7) is 4.08. The van der Waals surface area contributed by atoms with Crippen molar-refractivity contribution in [1.29, 1.82) is 21.0 Å². The zero-order chi connectivity index (χ0) is 47.8. The van der Waals surface area contributed by atoms with Crippen LogP contribution in [0.3, 0.4) is 0 Å². The molecule has 0 fully saturated rings. The molecule has 8 aromatic carbocycles. The molecule has 0 atom stereocenters. The Balaban J connectivity index is 1.07. The van der Waals surface area contributed by atoms with Crippen LogP contribution in [0, 0.1) is 45.3 Å². The topological polar surface area (TPSA) is 171 Å². The molecule has 9 aromatic rings. The molecule has 0 saturated carbocycles. The van der Waals surface area contributed by atoms with Crippen LogP contribution in [-0.2, 0) is 12.0 Å². The number of nitrogens with zero attached hydrogens (tertiary/aromatic N) is 10. The highest BCUT2D eigenvalue weighted by atomic mass is 15.0. The first-order valence-corrected chi connectivity index (χ1v) is 22.3. The van der Waals surface area contributed by atoms with Crippen LogP contribution in [0.4, 0.5) is 0 Å². The molecular formula is C60H34N10. The van der Waals surface area contributed by atoms with Crippen LogP contribution in [-0.4, -0.2) is 33.3 Å². The molecule has 0 unspecified atom stereocenters. The van der Waals surface area contributed by atoms with Crippen molar-refractivity contribution >= 4 is 18.4 Å². The summed E-state index contributed by atoms with van der Waals surface area (Å²) < 4.78 is 0. The number of nitriles is 4. The second-order valence-corrected chi connectivity index (χ2v) is 16.8. The first-order valence-electron chi connectivity index (χ1n) is 22.3. The summed E-state index contributed by atoms with van der Waals surface area (Å²) in [7, 11) is 0. The number of aliphatic imine (C=N–C) groups is 3. The molecule has 0 saturated heterocycles. The van der Waals surface area contributed by atoms with E-state index in [-0.39, 0.29) is 6.54 Å². The van der Waals surface area contributed by atoms with E-state index in [2.05, 4.69) is 121 Å². The molecule has 2 aliphatic carbocycles. The number of fused-ring (bicyclic) bond motifs is 10. The second kappa shape index (κ2) is 17.5. The molecule has 1 spiro atoms. The van der Waals surface area contributed by atoms with E-state index in [9.17, 15) is 21.0 Å². The molecule has 0 radical (unpaired) electrons. The van der Waals surface area contributed by atoms with Crippen molar-refractivity contribution in [3.05, 3.63) is 243 Å². The molecule has 10 heteroatoms. The molecular weight excluding hydrogens is 861 g/mol. The maximum absolute atomic E-state index is 9.58. The van der Waals surface area contributed by atoms with Gasteiger partial charge in [0.2, 0.25) is 0 Å². The van der Waals surface area contributed by atoms with Gasteiger partial charge in [-0.2, -0.15) is 21.0 Å². The van der Waals surface area contributed by atoms with Gasteiger partial charge in [-0.1, -0.05) is 78.9 Å². The maximum atomic E-state index is 9.58. The normalized spacial score (nSPS) is 12.6. The Morgan fingerprint density at radius 1 is 0.429 bits per heavy atom. The predicted molar refractivity (Wildman–Crippen MR) is 271 cm³/mol. The molecule has 1 aromatic heterocycles. The smallest absolute Gasteiger partial charge is 0.164 e. The van der Waals surface area contributed by atoms with Crippen molar-refractivity contribution in [2.45, 2.75) is 12.0 Å². The average molecular weight is 895 g/mol. The Labute approximate surface area is 403 Å². The van der Waals surface area contributed by atoms with Gasteiger partial charge in [0.1, 0.15) is 0 Å². The van der Waals surface area contributed by atoms with Gasteiger partial charge >= 0.3 is 0 Å². The summed E-state index contributed by atoms with van der Waals surface area (Å²) in [6, 6.07) is 67.4. The molecule has 1 heterocycles. The molecule has 10 nitrogen and oxygen atoms in total. The van der Waals surface area contributed by atoms with E-state index in [1.807, 2.05) is 36.4 Å². The average Bonchev–Trinajstić information content (AvgIpc) is 3.90. The van der Waals surface area contributed by atoms with Gasteiger partial charge in [-0.15, -0.1) is 0 Å². The van der Waals surface area contributed by atoms with Crippen molar-refractivity contribution in [2.75, 3.05) is 0 Å².